The standard InChI is InChI=1S/C7H8N6O2/c1-3-10-7(15-13-3)11-6(14)5-4(8)2-9-12-5/h2H,8H2,1H3,(H,9,12)(H,10,11,13,14). The highest BCUT2D eigenvalue weighted by Gasteiger charge is 2.14. The Morgan fingerprint density at radius 2 is 2.47 bits per heavy atom. The topological polar surface area (TPSA) is 123 Å². The normalized spacial score (nSPS) is 10.2. The third-order valence-corrected chi connectivity index (χ3v) is 1.64. The number of aryl methyl sites for hydroxylation is 1. The lowest BCUT2D eigenvalue weighted by Gasteiger charge is -1.97. The molecule has 78 valence electrons. The summed E-state index contributed by atoms with van der Waals surface area (Å²) in [5, 5.41) is 12.0. The lowest BCUT2D eigenvalue weighted by Crippen LogP contribution is -2.14. The van der Waals surface area contributed by atoms with Crippen molar-refractivity contribution in [2.45, 2.75) is 6.92 Å². The van der Waals surface area contributed by atoms with Crippen molar-refractivity contribution in [2.75, 3.05) is 11.1 Å². The molecule has 0 bridgehead atoms. The first-order valence-corrected chi connectivity index (χ1v) is 4.07. The Labute approximate surface area is 83.9 Å². The molecular formula is C7H8N6O2. The van der Waals surface area contributed by atoms with Crippen molar-refractivity contribution in [3.8, 4) is 0 Å². The van der Waals surface area contributed by atoms with Gasteiger partial charge in [0.2, 0.25) is 0 Å². The van der Waals surface area contributed by atoms with E-state index in [0.717, 1.165) is 0 Å². The fourth-order valence-corrected chi connectivity index (χ4v) is 0.985. The average molecular weight is 208 g/mol. The van der Waals surface area contributed by atoms with Crippen LogP contribution in [0.2, 0.25) is 0 Å². The average Bonchev–Trinajstić information content (AvgIpc) is 2.75. The van der Waals surface area contributed by atoms with E-state index in [2.05, 4.69) is 25.7 Å². The Hall–Kier alpha value is -2.38. The molecule has 0 aliphatic carbocycles. The summed E-state index contributed by atoms with van der Waals surface area (Å²) in [6.07, 6.45) is 1.34. The molecule has 2 heterocycles. The molecule has 4 N–H and O–H groups in total. The highest BCUT2D eigenvalue weighted by molar-refractivity contribution is 6.05. The lowest BCUT2D eigenvalue weighted by molar-refractivity contribution is 0.101. The van der Waals surface area contributed by atoms with Gasteiger partial charge in [-0.05, 0) is 6.92 Å². The Morgan fingerprint density at radius 3 is 3.00 bits per heavy atom. The van der Waals surface area contributed by atoms with Gasteiger partial charge in [-0.25, -0.2) is 0 Å². The van der Waals surface area contributed by atoms with Gasteiger partial charge in [0.05, 0.1) is 11.9 Å². The van der Waals surface area contributed by atoms with E-state index in [4.69, 9.17) is 10.3 Å². The first-order valence-electron chi connectivity index (χ1n) is 4.07. The van der Waals surface area contributed by atoms with E-state index in [9.17, 15) is 4.79 Å². The van der Waals surface area contributed by atoms with E-state index in [1.165, 1.54) is 6.20 Å². The molecule has 0 saturated heterocycles. The summed E-state index contributed by atoms with van der Waals surface area (Å²) in [5.74, 6) is -0.0449. The van der Waals surface area contributed by atoms with Gasteiger partial charge in [0.1, 0.15) is 5.69 Å². The molecule has 8 heteroatoms. The third-order valence-electron chi connectivity index (χ3n) is 1.64. The predicted molar refractivity (Wildman–Crippen MR) is 50.0 cm³/mol. The molecule has 0 aromatic carbocycles. The number of anilines is 2. The zero-order valence-electron chi connectivity index (χ0n) is 7.81. The molecule has 0 atom stereocenters. The van der Waals surface area contributed by atoms with Crippen molar-refractivity contribution in [3.63, 3.8) is 0 Å². The molecular weight excluding hydrogens is 200 g/mol. The molecule has 8 nitrogen and oxygen atoms in total. The Bertz CT molecular complexity index is 487. The zero-order valence-corrected chi connectivity index (χ0v) is 7.81. The van der Waals surface area contributed by atoms with Crippen LogP contribution in [0.3, 0.4) is 0 Å². The molecule has 0 radical (unpaired) electrons. The number of nitrogen functional groups attached to an aromatic ring is 1. The number of hydrogen-bond donors (Lipinski definition) is 3. The van der Waals surface area contributed by atoms with Gasteiger partial charge in [0.25, 0.3) is 5.91 Å². The van der Waals surface area contributed by atoms with E-state index in [1.807, 2.05) is 0 Å². The summed E-state index contributed by atoms with van der Waals surface area (Å²) in [6.45, 7) is 1.64. The van der Waals surface area contributed by atoms with Gasteiger partial charge < -0.3 is 10.3 Å². The second-order valence-corrected chi connectivity index (χ2v) is 2.80. The number of hydrogen-bond acceptors (Lipinski definition) is 6. The number of carbonyl (C=O) groups is 1. The van der Waals surface area contributed by atoms with Crippen LogP contribution in [0.4, 0.5) is 11.7 Å². The number of rotatable bonds is 2. The number of amides is 1. The monoisotopic (exact) mass is 208 g/mol. The molecule has 2 aromatic rings. The van der Waals surface area contributed by atoms with Crippen LogP contribution in [0.1, 0.15) is 16.3 Å². The van der Waals surface area contributed by atoms with E-state index in [-0.39, 0.29) is 17.4 Å². The summed E-state index contributed by atoms with van der Waals surface area (Å²) in [4.78, 5) is 15.3. The minimum absolute atomic E-state index is 0.0199. The fraction of sp³-hybridized carbons (Fsp3) is 0.143. The summed E-state index contributed by atoms with van der Waals surface area (Å²) in [7, 11) is 0. The summed E-state index contributed by atoms with van der Waals surface area (Å²) >= 11 is 0. The van der Waals surface area contributed by atoms with Crippen LogP contribution in [0.15, 0.2) is 10.7 Å². The maximum absolute atomic E-state index is 11.5. The molecule has 2 aromatic heterocycles. The van der Waals surface area contributed by atoms with Gasteiger partial charge in [-0.1, -0.05) is 5.16 Å². The first-order chi connectivity index (χ1) is 7.16. The van der Waals surface area contributed by atoms with Crippen molar-refractivity contribution in [1.82, 2.24) is 20.3 Å². The molecule has 0 spiro atoms. The van der Waals surface area contributed by atoms with Crippen LogP contribution in [0, 0.1) is 6.92 Å². The van der Waals surface area contributed by atoms with Gasteiger partial charge in [-0.2, -0.15) is 10.1 Å². The summed E-state index contributed by atoms with van der Waals surface area (Å²) < 4.78 is 4.70. The van der Waals surface area contributed by atoms with E-state index in [1.54, 1.807) is 6.92 Å². The highest BCUT2D eigenvalue weighted by atomic mass is 16.5. The first kappa shape index (κ1) is 9.19. The summed E-state index contributed by atoms with van der Waals surface area (Å²) in [5.41, 5.74) is 5.89. The van der Waals surface area contributed by atoms with Crippen LogP contribution in [0.25, 0.3) is 0 Å². The second kappa shape index (κ2) is 3.40. The number of aromatic amines is 1. The lowest BCUT2D eigenvalue weighted by atomic mass is 10.3. The number of nitrogens with zero attached hydrogens (tertiary/aromatic N) is 3. The molecule has 15 heavy (non-hydrogen) atoms. The number of nitrogens with one attached hydrogen (secondary N) is 2. The van der Waals surface area contributed by atoms with Crippen LogP contribution >= 0.6 is 0 Å². The van der Waals surface area contributed by atoms with Gasteiger partial charge in [0, 0.05) is 0 Å². The van der Waals surface area contributed by atoms with Crippen molar-refractivity contribution in [1.29, 1.82) is 0 Å². The van der Waals surface area contributed by atoms with Crippen LogP contribution in [-0.4, -0.2) is 26.2 Å². The van der Waals surface area contributed by atoms with Gasteiger partial charge in [-0.15, -0.1) is 0 Å². The van der Waals surface area contributed by atoms with Gasteiger partial charge in [-0.3, -0.25) is 15.2 Å². The van der Waals surface area contributed by atoms with Crippen molar-refractivity contribution in [3.05, 3.63) is 17.7 Å². The smallest absolute Gasteiger partial charge is 0.328 e. The predicted octanol–water partition coefficient (Wildman–Crippen LogP) is -0.0644. The molecule has 0 fully saturated rings. The van der Waals surface area contributed by atoms with E-state index in [0.29, 0.717) is 5.82 Å². The largest absolute Gasteiger partial charge is 0.396 e. The highest BCUT2D eigenvalue weighted by Crippen LogP contribution is 2.09. The maximum atomic E-state index is 11.5. The Morgan fingerprint density at radius 1 is 1.67 bits per heavy atom. The van der Waals surface area contributed by atoms with Gasteiger partial charge in [0.15, 0.2) is 5.82 Å². The zero-order chi connectivity index (χ0) is 10.8. The van der Waals surface area contributed by atoms with Crippen LogP contribution < -0.4 is 11.1 Å². The molecule has 0 aliphatic rings. The van der Waals surface area contributed by atoms with Crippen molar-refractivity contribution >= 4 is 17.6 Å². The second-order valence-electron chi connectivity index (χ2n) is 2.80. The number of H-pyrrole nitrogens is 1. The molecule has 0 unspecified atom stereocenters. The third kappa shape index (κ3) is 1.77. The Kier molecular flexibility index (Phi) is 2.08. The molecule has 1 amide bonds. The quantitative estimate of drug-likeness (QED) is 0.635. The fourth-order valence-electron chi connectivity index (χ4n) is 0.985. The van der Waals surface area contributed by atoms with E-state index < -0.39 is 5.91 Å². The molecule has 2 rings (SSSR count). The number of carbonyl (C=O) groups excluding carboxylic acids is 1. The Balaban J connectivity index is 2.14. The molecule has 0 aliphatic heterocycles. The minimum atomic E-state index is -0.478. The number of aromatic nitrogens is 4. The summed E-state index contributed by atoms with van der Waals surface area (Å²) in [6, 6.07) is 0.0199. The maximum Gasteiger partial charge on any atom is 0.328 e. The van der Waals surface area contributed by atoms with Crippen molar-refractivity contribution in [2.24, 2.45) is 0 Å². The van der Waals surface area contributed by atoms with Crippen molar-refractivity contribution < 1.29 is 9.32 Å². The molecule has 0 saturated carbocycles. The SMILES string of the molecule is Cc1noc(NC(=O)c2[nH]ncc2N)n1. The van der Waals surface area contributed by atoms with Crippen LogP contribution in [0.5, 0.6) is 0 Å². The minimum Gasteiger partial charge on any atom is -0.396 e. The van der Waals surface area contributed by atoms with Gasteiger partial charge >= 0.3 is 6.01 Å². The number of nitrogens with two attached hydrogens (primary N) is 1. The van der Waals surface area contributed by atoms with Crippen LogP contribution in [-0.2, 0) is 0 Å². The van der Waals surface area contributed by atoms with E-state index >= 15 is 0 Å².